The Morgan fingerprint density at radius 2 is 2.11 bits per heavy atom. The third-order valence-corrected chi connectivity index (χ3v) is 4.26. The normalized spacial score (nSPS) is 18.3. The molecular weight excluding hydrogens is 286 g/mol. The van der Waals surface area contributed by atoms with Crippen LogP contribution in [0.15, 0.2) is 41.3 Å². The second-order valence-corrected chi connectivity index (χ2v) is 5.73. The van der Waals surface area contributed by atoms with Crippen molar-refractivity contribution in [3.05, 3.63) is 51.9 Å². The zero-order valence-corrected chi connectivity index (χ0v) is 12.0. The van der Waals surface area contributed by atoms with Crippen LogP contribution in [-0.2, 0) is 4.79 Å². The van der Waals surface area contributed by atoms with E-state index in [4.69, 9.17) is 23.8 Å². The molecule has 0 aliphatic carbocycles. The summed E-state index contributed by atoms with van der Waals surface area (Å²) < 4.78 is 0.581. The first-order valence-corrected chi connectivity index (χ1v) is 6.82. The van der Waals surface area contributed by atoms with Crippen molar-refractivity contribution in [3.8, 4) is 0 Å². The van der Waals surface area contributed by atoms with E-state index in [9.17, 15) is 4.79 Å². The van der Waals surface area contributed by atoms with Gasteiger partial charge in [0, 0.05) is 12.1 Å². The van der Waals surface area contributed by atoms with Crippen LogP contribution < -0.4 is 0 Å². The molecule has 0 aromatic heterocycles. The number of hydrogen-bond donors (Lipinski definition) is 0. The minimum absolute atomic E-state index is 0.0613. The molecule has 0 atom stereocenters. The van der Waals surface area contributed by atoms with E-state index < -0.39 is 0 Å². The molecule has 1 aliphatic heterocycles. The maximum atomic E-state index is 11.7. The Hall–Kier alpha value is -1.10. The van der Waals surface area contributed by atoms with Crippen molar-refractivity contribution < 1.29 is 4.79 Å². The number of amides is 1. The monoisotopic (exact) mass is 295 g/mol. The molecule has 0 N–H and O–H groups in total. The third kappa shape index (κ3) is 2.83. The summed E-state index contributed by atoms with van der Waals surface area (Å²) in [6.07, 6.45) is 5.43. The summed E-state index contributed by atoms with van der Waals surface area (Å²) in [5, 5.41) is 0.685. The third-order valence-electron chi connectivity index (χ3n) is 2.42. The molecule has 2 nitrogen and oxygen atoms in total. The van der Waals surface area contributed by atoms with Crippen molar-refractivity contribution >= 4 is 51.9 Å². The lowest BCUT2D eigenvalue weighted by atomic mass is 10.2. The molecule has 0 saturated carbocycles. The lowest BCUT2D eigenvalue weighted by Gasteiger charge is -2.03. The van der Waals surface area contributed by atoms with Crippen molar-refractivity contribution in [3.63, 3.8) is 0 Å². The largest absolute Gasteiger partial charge is 0.296 e. The molecule has 1 heterocycles. The highest BCUT2D eigenvalue weighted by Crippen LogP contribution is 2.29. The molecular formula is C13H10ClNOS2. The van der Waals surface area contributed by atoms with Crippen molar-refractivity contribution in [2.75, 3.05) is 7.05 Å². The molecule has 92 valence electrons. The van der Waals surface area contributed by atoms with E-state index in [1.54, 1.807) is 13.1 Å². The summed E-state index contributed by atoms with van der Waals surface area (Å²) in [5.74, 6) is -0.0613. The van der Waals surface area contributed by atoms with E-state index in [1.807, 2.05) is 36.4 Å². The van der Waals surface area contributed by atoms with Crippen LogP contribution in [0, 0.1) is 0 Å². The molecule has 5 heteroatoms. The van der Waals surface area contributed by atoms with Crippen LogP contribution in [-0.4, -0.2) is 22.2 Å². The van der Waals surface area contributed by atoms with Crippen LogP contribution in [0.4, 0.5) is 0 Å². The number of benzene rings is 1. The van der Waals surface area contributed by atoms with E-state index in [2.05, 4.69) is 0 Å². The highest BCUT2D eigenvalue weighted by Gasteiger charge is 2.27. The quantitative estimate of drug-likeness (QED) is 0.612. The average Bonchev–Trinajstić information content (AvgIpc) is 2.60. The maximum absolute atomic E-state index is 11.7. The number of carbonyl (C=O) groups is 1. The van der Waals surface area contributed by atoms with E-state index in [-0.39, 0.29) is 5.91 Å². The minimum atomic E-state index is -0.0613. The summed E-state index contributed by atoms with van der Waals surface area (Å²) in [5.41, 5.74) is 0.919. The van der Waals surface area contributed by atoms with E-state index in [1.165, 1.54) is 16.7 Å². The molecule has 1 amide bonds. The van der Waals surface area contributed by atoms with Gasteiger partial charge >= 0.3 is 0 Å². The topological polar surface area (TPSA) is 20.3 Å². The summed E-state index contributed by atoms with van der Waals surface area (Å²) >= 11 is 12.4. The van der Waals surface area contributed by atoms with E-state index in [0.717, 1.165) is 5.56 Å². The Kier molecular flexibility index (Phi) is 4.22. The Labute approximate surface area is 120 Å². The van der Waals surface area contributed by atoms with Gasteiger partial charge in [-0.25, -0.2) is 0 Å². The molecule has 1 aromatic rings. The molecule has 0 radical (unpaired) electrons. The lowest BCUT2D eigenvalue weighted by Crippen LogP contribution is -2.22. The van der Waals surface area contributed by atoms with Gasteiger partial charge in [-0.15, -0.1) is 0 Å². The number of nitrogens with zero attached hydrogens (tertiary/aromatic N) is 1. The van der Waals surface area contributed by atoms with Gasteiger partial charge in [-0.1, -0.05) is 65.9 Å². The van der Waals surface area contributed by atoms with Gasteiger partial charge in [-0.3, -0.25) is 9.69 Å². The van der Waals surface area contributed by atoms with Gasteiger partial charge in [-0.05, 0) is 17.7 Å². The van der Waals surface area contributed by atoms with Crippen molar-refractivity contribution in [1.82, 2.24) is 4.90 Å². The molecule has 0 spiro atoms. The van der Waals surface area contributed by atoms with E-state index >= 15 is 0 Å². The fourth-order valence-electron chi connectivity index (χ4n) is 1.41. The fraction of sp³-hybridized carbons (Fsp3) is 0.0769. The average molecular weight is 296 g/mol. The zero-order chi connectivity index (χ0) is 13.1. The van der Waals surface area contributed by atoms with Gasteiger partial charge in [0.2, 0.25) is 0 Å². The number of hydrogen-bond acceptors (Lipinski definition) is 3. The van der Waals surface area contributed by atoms with Gasteiger partial charge < -0.3 is 0 Å². The smallest absolute Gasteiger partial charge is 0.265 e. The zero-order valence-electron chi connectivity index (χ0n) is 9.59. The SMILES string of the molecule is CN1C(=O)C(=CC=Cc2ccccc2Cl)SC1=S. The lowest BCUT2D eigenvalue weighted by molar-refractivity contribution is -0.121. The Morgan fingerprint density at radius 1 is 1.39 bits per heavy atom. The number of rotatable bonds is 2. The maximum Gasteiger partial charge on any atom is 0.265 e. The molecule has 0 unspecified atom stereocenters. The molecule has 1 saturated heterocycles. The Bertz CT molecular complexity index is 566. The first-order valence-electron chi connectivity index (χ1n) is 5.22. The van der Waals surface area contributed by atoms with Crippen LogP contribution in [0.2, 0.25) is 5.02 Å². The molecule has 1 aromatic carbocycles. The predicted molar refractivity (Wildman–Crippen MR) is 81.5 cm³/mol. The molecule has 18 heavy (non-hydrogen) atoms. The van der Waals surface area contributed by atoms with Crippen LogP contribution in [0.1, 0.15) is 5.56 Å². The Balaban J connectivity index is 2.15. The summed E-state index contributed by atoms with van der Waals surface area (Å²) in [7, 11) is 1.68. The number of carbonyl (C=O) groups excluding carboxylic acids is 1. The highest BCUT2D eigenvalue weighted by atomic mass is 35.5. The second kappa shape index (κ2) is 5.69. The molecule has 1 fully saturated rings. The van der Waals surface area contributed by atoms with Crippen molar-refractivity contribution in [1.29, 1.82) is 0 Å². The summed E-state index contributed by atoms with van der Waals surface area (Å²) in [6.45, 7) is 0. The fourth-order valence-corrected chi connectivity index (χ4v) is 2.74. The summed E-state index contributed by atoms with van der Waals surface area (Å²) in [6, 6.07) is 7.53. The number of thiocarbonyl (C=S) groups is 1. The Morgan fingerprint density at radius 3 is 2.72 bits per heavy atom. The van der Waals surface area contributed by atoms with Crippen molar-refractivity contribution in [2.24, 2.45) is 0 Å². The molecule has 2 rings (SSSR count). The van der Waals surface area contributed by atoms with Gasteiger partial charge in [0.05, 0.1) is 4.91 Å². The minimum Gasteiger partial charge on any atom is -0.296 e. The second-order valence-electron chi connectivity index (χ2n) is 3.64. The highest BCUT2D eigenvalue weighted by molar-refractivity contribution is 8.26. The van der Waals surface area contributed by atoms with Gasteiger partial charge in [0.1, 0.15) is 4.32 Å². The standard InChI is InChI=1S/C13H10ClNOS2/c1-15-12(16)11(18-13(15)17)8-4-6-9-5-2-3-7-10(9)14/h2-8H,1H3. The van der Waals surface area contributed by atoms with Gasteiger partial charge in [0.25, 0.3) is 5.91 Å². The van der Waals surface area contributed by atoms with Gasteiger partial charge in [0.15, 0.2) is 0 Å². The number of allylic oxidation sites excluding steroid dienone is 2. The van der Waals surface area contributed by atoms with Crippen LogP contribution in [0.5, 0.6) is 0 Å². The van der Waals surface area contributed by atoms with Gasteiger partial charge in [-0.2, -0.15) is 0 Å². The molecule has 1 aliphatic rings. The number of likely N-dealkylation sites (N-methyl/N-ethyl adjacent to an activating group) is 1. The predicted octanol–water partition coefficient (Wildman–Crippen LogP) is 3.73. The molecule has 0 bridgehead atoms. The first-order chi connectivity index (χ1) is 8.59. The number of thioether (sulfide) groups is 1. The van der Waals surface area contributed by atoms with Crippen LogP contribution >= 0.6 is 35.6 Å². The number of halogens is 1. The first kappa shape index (κ1) is 13.3. The van der Waals surface area contributed by atoms with Crippen molar-refractivity contribution in [2.45, 2.75) is 0 Å². The van der Waals surface area contributed by atoms with Crippen LogP contribution in [0.25, 0.3) is 6.08 Å². The van der Waals surface area contributed by atoms with Crippen LogP contribution in [0.3, 0.4) is 0 Å². The van der Waals surface area contributed by atoms with E-state index in [0.29, 0.717) is 14.2 Å². The summed E-state index contributed by atoms with van der Waals surface area (Å²) in [4.78, 5) is 13.8.